The average Bonchev–Trinajstić information content (AvgIpc) is 2.77. The third-order valence-electron chi connectivity index (χ3n) is 3.30. The second-order valence-electron chi connectivity index (χ2n) is 4.28. The lowest BCUT2D eigenvalue weighted by molar-refractivity contribution is -0.139. The summed E-state index contributed by atoms with van der Waals surface area (Å²) in [6.07, 6.45) is 0. The highest BCUT2D eigenvalue weighted by atomic mass is 16.2. The molecule has 0 bridgehead atoms. The molecule has 0 aliphatic carbocycles. The quantitative estimate of drug-likeness (QED) is 0.567. The summed E-state index contributed by atoms with van der Waals surface area (Å²) in [5.41, 5.74) is 0. The minimum Gasteiger partial charge on any atom is -0.340 e. The molecule has 0 radical (unpaired) electrons. The Morgan fingerprint density at radius 2 is 1.81 bits per heavy atom. The Balaban J connectivity index is 2.07. The number of imide groups is 1. The second kappa shape index (κ2) is 3.86. The van der Waals surface area contributed by atoms with E-state index in [9.17, 15) is 14.4 Å². The van der Waals surface area contributed by atoms with Crippen LogP contribution in [0.1, 0.15) is 0 Å². The fourth-order valence-electron chi connectivity index (χ4n) is 2.38. The van der Waals surface area contributed by atoms with Gasteiger partial charge >= 0.3 is 0 Å². The second-order valence-corrected chi connectivity index (χ2v) is 4.28. The molecule has 0 aromatic heterocycles. The molecule has 2 rings (SSSR count). The minimum atomic E-state index is -0.321. The van der Waals surface area contributed by atoms with Crippen LogP contribution in [0.25, 0.3) is 0 Å². The number of likely N-dealkylation sites (tertiary alicyclic amines) is 2. The molecule has 88 valence electrons. The highest BCUT2D eigenvalue weighted by Crippen LogP contribution is 2.32. The van der Waals surface area contributed by atoms with Crippen molar-refractivity contribution < 1.29 is 14.4 Å². The first kappa shape index (κ1) is 11.1. The third kappa shape index (κ3) is 1.49. The molecule has 6 heteroatoms. The molecule has 2 saturated heterocycles. The largest absolute Gasteiger partial charge is 0.340 e. The number of nitrogens with zero attached hydrogens (tertiary/aromatic N) is 2. The summed E-state index contributed by atoms with van der Waals surface area (Å²) >= 11 is 0. The molecule has 0 spiro atoms. The van der Waals surface area contributed by atoms with Crippen molar-refractivity contribution in [1.29, 1.82) is 0 Å². The summed E-state index contributed by atoms with van der Waals surface area (Å²) in [6, 6.07) is 0. The van der Waals surface area contributed by atoms with Crippen LogP contribution in [-0.4, -0.2) is 61.3 Å². The monoisotopic (exact) mass is 225 g/mol. The summed E-state index contributed by atoms with van der Waals surface area (Å²) in [7, 11) is 3.20. The predicted octanol–water partition coefficient (Wildman–Crippen LogP) is -1.72. The zero-order valence-corrected chi connectivity index (χ0v) is 9.40. The Morgan fingerprint density at radius 1 is 1.31 bits per heavy atom. The molecule has 2 unspecified atom stereocenters. The van der Waals surface area contributed by atoms with Crippen LogP contribution < -0.4 is 5.32 Å². The smallest absolute Gasteiger partial charge is 0.236 e. The maximum absolute atomic E-state index is 11.7. The average molecular weight is 225 g/mol. The van der Waals surface area contributed by atoms with E-state index in [0.717, 1.165) is 0 Å². The molecule has 2 aliphatic rings. The number of likely N-dealkylation sites (N-methyl/N-ethyl adjacent to an activating group) is 1. The van der Waals surface area contributed by atoms with Gasteiger partial charge in [-0.3, -0.25) is 19.3 Å². The van der Waals surface area contributed by atoms with Gasteiger partial charge in [0.2, 0.25) is 17.7 Å². The molecule has 2 aliphatic heterocycles. The van der Waals surface area contributed by atoms with Crippen LogP contribution in [0.3, 0.4) is 0 Å². The number of amides is 3. The molecule has 0 aromatic rings. The van der Waals surface area contributed by atoms with Crippen LogP contribution in [0, 0.1) is 11.8 Å². The van der Waals surface area contributed by atoms with Gasteiger partial charge in [-0.25, -0.2) is 0 Å². The fraction of sp³-hybridized carbons (Fsp3) is 0.700. The highest BCUT2D eigenvalue weighted by Gasteiger charge is 2.51. The van der Waals surface area contributed by atoms with E-state index in [1.807, 2.05) is 0 Å². The first-order valence-electron chi connectivity index (χ1n) is 5.30. The van der Waals surface area contributed by atoms with Crippen molar-refractivity contribution in [2.24, 2.45) is 11.8 Å². The van der Waals surface area contributed by atoms with E-state index < -0.39 is 0 Å². The van der Waals surface area contributed by atoms with Crippen molar-refractivity contribution in [2.45, 2.75) is 0 Å². The van der Waals surface area contributed by atoms with Crippen molar-refractivity contribution in [3.63, 3.8) is 0 Å². The van der Waals surface area contributed by atoms with Crippen LogP contribution >= 0.6 is 0 Å². The summed E-state index contributed by atoms with van der Waals surface area (Å²) in [5, 5.41) is 2.77. The molecule has 0 aromatic carbocycles. The maximum Gasteiger partial charge on any atom is 0.236 e. The first-order chi connectivity index (χ1) is 7.56. The van der Waals surface area contributed by atoms with Gasteiger partial charge in [0, 0.05) is 20.1 Å². The Labute approximate surface area is 93.6 Å². The Bertz CT molecular complexity index is 331. The van der Waals surface area contributed by atoms with E-state index in [1.165, 1.54) is 11.9 Å². The van der Waals surface area contributed by atoms with Crippen LogP contribution in [0.15, 0.2) is 0 Å². The molecule has 2 fully saturated rings. The number of hydrogen-bond donors (Lipinski definition) is 1. The molecule has 6 nitrogen and oxygen atoms in total. The lowest BCUT2D eigenvalue weighted by atomic mass is 10.00. The van der Waals surface area contributed by atoms with Gasteiger partial charge in [-0.1, -0.05) is 0 Å². The zero-order valence-electron chi connectivity index (χ0n) is 9.40. The molecular weight excluding hydrogens is 210 g/mol. The van der Waals surface area contributed by atoms with Crippen molar-refractivity contribution >= 4 is 17.7 Å². The molecule has 3 amide bonds. The summed E-state index contributed by atoms with van der Waals surface area (Å²) in [4.78, 5) is 37.7. The standard InChI is InChI=1S/C10H15N3O3/c1-11-3-8(14)13-4-6-7(5-13)10(16)12(2)9(6)15/h6-7,11H,3-5H2,1-2H3. The van der Waals surface area contributed by atoms with E-state index in [4.69, 9.17) is 0 Å². The summed E-state index contributed by atoms with van der Waals surface area (Å²) in [6.45, 7) is 0.998. The summed E-state index contributed by atoms with van der Waals surface area (Å²) in [5.74, 6) is -1.01. The molecule has 0 saturated carbocycles. The van der Waals surface area contributed by atoms with Gasteiger partial charge in [-0.05, 0) is 7.05 Å². The van der Waals surface area contributed by atoms with Crippen LogP contribution in [0.5, 0.6) is 0 Å². The van der Waals surface area contributed by atoms with Gasteiger partial charge in [0.05, 0.1) is 18.4 Å². The number of fused-ring (bicyclic) bond motifs is 1. The maximum atomic E-state index is 11.7. The number of rotatable bonds is 2. The predicted molar refractivity (Wildman–Crippen MR) is 55.3 cm³/mol. The van der Waals surface area contributed by atoms with Gasteiger partial charge in [0.1, 0.15) is 0 Å². The van der Waals surface area contributed by atoms with Gasteiger partial charge in [0.15, 0.2) is 0 Å². The fourth-order valence-corrected chi connectivity index (χ4v) is 2.38. The van der Waals surface area contributed by atoms with Crippen LogP contribution in [0.2, 0.25) is 0 Å². The number of hydrogen-bond acceptors (Lipinski definition) is 4. The first-order valence-corrected chi connectivity index (χ1v) is 5.30. The van der Waals surface area contributed by atoms with E-state index >= 15 is 0 Å². The number of nitrogens with one attached hydrogen (secondary N) is 1. The molecular formula is C10H15N3O3. The lowest BCUT2D eigenvalue weighted by Crippen LogP contribution is -2.39. The van der Waals surface area contributed by atoms with Gasteiger partial charge in [-0.2, -0.15) is 0 Å². The van der Waals surface area contributed by atoms with E-state index in [2.05, 4.69) is 5.32 Å². The number of carbonyl (C=O) groups is 3. The van der Waals surface area contributed by atoms with Crippen LogP contribution in [-0.2, 0) is 14.4 Å². The van der Waals surface area contributed by atoms with E-state index in [1.54, 1.807) is 11.9 Å². The van der Waals surface area contributed by atoms with E-state index in [0.29, 0.717) is 13.1 Å². The topological polar surface area (TPSA) is 69.7 Å². The minimum absolute atomic E-state index is 0.0554. The summed E-state index contributed by atoms with van der Waals surface area (Å²) < 4.78 is 0. The Morgan fingerprint density at radius 3 is 2.25 bits per heavy atom. The number of carbonyl (C=O) groups excluding carboxylic acids is 3. The molecule has 16 heavy (non-hydrogen) atoms. The normalized spacial score (nSPS) is 28.9. The van der Waals surface area contributed by atoms with Crippen molar-refractivity contribution in [2.75, 3.05) is 33.7 Å². The zero-order chi connectivity index (χ0) is 11.9. The van der Waals surface area contributed by atoms with Crippen LogP contribution in [0.4, 0.5) is 0 Å². The van der Waals surface area contributed by atoms with Gasteiger partial charge < -0.3 is 10.2 Å². The Kier molecular flexibility index (Phi) is 2.67. The van der Waals surface area contributed by atoms with Gasteiger partial charge in [0.25, 0.3) is 0 Å². The molecule has 2 atom stereocenters. The van der Waals surface area contributed by atoms with Crippen molar-refractivity contribution in [1.82, 2.24) is 15.1 Å². The SMILES string of the molecule is CNCC(=O)N1CC2C(=O)N(C)C(=O)C2C1. The highest BCUT2D eigenvalue weighted by molar-refractivity contribution is 6.06. The molecule has 2 heterocycles. The molecule has 1 N–H and O–H groups in total. The Hall–Kier alpha value is -1.43. The van der Waals surface area contributed by atoms with Crippen molar-refractivity contribution in [3.05, 3.63) is 0 Å². The lowest BCUT2D eigenvalue weighted by Gasteiger charge is -2.18. The van der Waals surface area contributed by atoms with Gasteiger partial charge in [-0.15, -0.1) is 0 Å². The third-order valence-corrected chi connectivity index (χ3v) is 3.30. The van der Waals surface area contributed by atoms with Crippen molar-refractivity contribution in [3.8, 4) is 0 Å². The van der Waals surface area contributed by atoms with E-state index in [-0.39, 0.29) is 36.1 Å².